The van der Waals surface area contributed by atoms with Gasteiger partial charge in [-0.05, 0) is 44.7 Å². The van der Waals surface area contributed by atoms with Gasteiger partial charge in [-0.3, -0.25) is 9.36 Å². The maximum atomic E-state index is 12.8. The first kappa shape index (κ1) is 17.9. The number of rotatable bonds is 5. The van der Waals surface area contributed by atoms with Gasteiger partial charge < -0.3 is 14.9 Å². The molecule has 0 radical (unpaired) electrons. The van der Waals surface area contributed by atoms with E-state index in [2.05, 4.69) is 26.7 Å². The first-order valence-corrected chi connectivity index (χ1v) is 10.4. The van der Waals surface area contributed by atoms with Gasteiger partial charge in [0.2, 0.25) is 0 Å². The van der Waals surface area contributed by atoms with Crippen LogP contribution in [0.1, 0.15) is 32.6 Å². The van der Waals surface area contributed by atoms with Gasteiger partial charge >= 0.3 is 0 Å². The number of likely N-dealkylation sites (tertiary alicyclic amines) is 1. The summed E-state index contributed by atoms with van der Waals surface area (Å²) >= 11 is 1.43. The predicted octanol–water partition coefficient (Wildman–Crippen LogP) is 1.55. The number of thiazole rings is 1. The number of aliphatic hydroxyl groups excluding tert-OH is 1. The third kappa shape index (κ3) is 3.77. The van der Waals surface area contributed by atoms with Gasteiger partial charge in [-0.25, -0.2) is 4.98 Å². The molecule has 4 rings (SSSR count). The Hall–Kier alpha value is -1.51. The van der Waals surface area contributed by atoms with Crippen LogP contribution >= 0.6 is 11.3 Å². The number of aromatic nitrogens is 3. The van der Waals surface area contributed by atoms with E-state index in [1.54, 1.807) is 0 Å². The summed E-state index contributed by atoms with van der Waals surface area (Å²) in [5, 5.41) is 11.3. The second kappa shape index (κ2) is 7.62. The van der Waals surface area contributed by atoms with Crippen LogP contribution in [0.3, 0.4) is 0 Å². The molecule has 1 N–H and O–H groups in total. The van der Waals surface area contributed by atoms with Crippen LogP contribution in [-0.4, -0.2) is 63.4 Å². The SMILES string of the molecule is CC1CCN(CC(O)Cn2cnc3nc(N4CCCC4)sc3c2=O)CC1. The van der Waals surface area contributed by atoms with E-state index in [-0.39, 0.29) is 12.1 Å². The van der Waals surface area contributed by atoms with Gasteiger partial charge in [-0.1, -0.05) is 18.3 Å². The molecule has 7 nitrogen and oxygen atoms in total. The van der Waals surface area contributed by atoms with Gasteiger partial charge in [0.05, 0.1) is 12.6 Å². The van der Waals surface area contributed by atoms with Gasteiger partial charge in [0, 0.05) is 19.6 Å². The second-order valence-corrected chi connectivity index (χ2v) is 8.66. The molecule has 26 heavy (non-hydrogen) atoms. The van der Waals surface area contributed by atoms with Crippen molar-refractivity contribution in [2.75, 3.05) is 37.6 Å². The highest BCUT2D eigenvalue weighted by Gasteiger charge is 2.21. The molecule has 0 bridgehead atoms. The zero-order valence-electron chi connectivity index (χ0n) is 15.3. The van der Waals surface area contributed by atoms with E-state index >= 15 is 0 Å². The van der Waals surface area contributed by atoms with Crippen molar-refractivity contribution in [2.24, 2.45) is 5.92 Å². The number of aliphatic hydroxyl groups is 1. The average Bonchev–Trinajstić information content (AvgIpc) is 3.29. The van der Waals surface area contributed by atoms with Gasteiger partial charge in [0.25, 0.3) is 5.56 Å². The van der Waals surface area contributed by atoms with Crippen LogP contribution in [0.15, 0.2) is 11.1 Å². The van der Waals surface area contributed by atoms with Gasteiger partial charge in [0.15, 0.2) is 10.8 Å². The van der Waals surface area contributed by atoms with Gasteiger partial charge in [0.1, 0.15) is 11.0 Å². The number of hydrogen-bond acceptors (Lipinski definition) is 7. The first-order valence-electron chi connectivity index (χ1n) is 9.61. The summed E-state index contributed by atoms with van der Waals surface area (Å²) in [5.74, 6) is 0.772. The summed E-state index contributed by atoms with van der Waals surface area (Å²) in [6.07, 6.45) is 5.68. The molecule has 2 aromatic rings. The largest absolute Gasteiger partial charge is 0.390 e. The number of fused-ring (bicyclic) bond motifs is 1. The topological polar surface area (TPSA) is 74.5 Å². The van der Waals surface area contributed by atoms with E-state index in [4.69, 9.17) is 0 Å². The lowest BCUT2D eigenvalue weighted by molar-refractivity contribution is 0.0794. The lowest BCUT2D eigenvalue weighted by Gasteiger charge is -2.31. The normalized spacial score (nSPS) is 20.9. The molecule has 0 aromatic carbocycles. The lowest BCUT2D eigenvalue weighted by Crippen LogP contribution is -2.40. The summed E-state index contributed by atoms with van der Waals surface area (Å²) < 4.78 is 2.12. The number of β-amino-alcohol motifs (C(OH)–C–C–N with tert-alkyl or cyclic N) is 1. The Morgan fingerprint density at radius 3 is 2.69 bits per heavy atom. The van der Waals surface area contributed by atoms with E-state index in [0.717, 1.165) is 37.2 Å². The number of nitrogens with zero attached hydrogens (tertiary/aromatic N) is 5. The smallest absolute Gasteiger partial charge is 0.273 e. The second-order valence-electron chi connectivity index (χ2n) is 7.68. The minimum Gasteiger partial charge on any atom is -0.390 e. The summed E-state index contributed by atoms with van der Waals surface area (Å²) in [6, 6.07) is 0. The van der Waals surface area contributed by atoms with E-state index in [0.29, 0.717) is 16.9 Å². The van der Waals surface area contributed by atoms with Crippen LogP contribution in [0, 0.1) is 5.92 Å². The highest BCUT2D eigenvalue weighted by atomic mass is 32.1. The Labute approximate surface area is 157 Å². The fraction of sp³-hybridized carbons (Fsp3) is 0.722. The van der Waals surface area contributed by atoms with Gasteiger partial charge in [-0.15, -0.1) is 0 Å². The van der Waals surface area contributed by atoms with E-state index in [1.165, 1.54) is 47.9 Å². The molecule has 8 heteroatoms. The summed E-state index contributed by atoms with van der Waals surface area (Å²) in [4.78, 5) is 26.2. The van der Waals surface area contributed by atoms with E-state index in [1.807, 2.05) is 0 Å². The molecule has 2 saturated heterocycles. The molecular formula is C18H27N5O2S. The Morgan fingerprint density at radius 1 is 1.23 bits per heavy atom. The lowest BCUT2D eigenvalue weighted by atomic mass is 9.99. The monoisotopic (exact) mass is 377 g/mol. The Balaban J connectivity index is 1.46. The minimum absolute atomic E-state index is 0.0933. The summed E-state index contributed by atoms with van der Waals surface area (Å²) in [5.41, 5.74) is 0.432. The fourth-order valence-electron chi connectivity index (χ4n) is 3.84. The molecular weight excluding hydrogens is 350 g/mol. The van der Waals surface area contributed by atoms with Crippen molar-refractivity contribution in [2.45, 2.75) is 45.3 Å². The average molecular weight is 378 g/mol. The maximum Gasteiger partial charge on any atom is 0.273 e. The molecule has 142 valence electrons. The summed E-state index contributed by atoms with van der Waals surface area (Å²) in [7, 11) is 0. The molecule has 2 fully saturated rings. The van der Waals surface area contributed by atoms with Crippen molar-refractivity contribution in [1.29, 1.82) is 0 Å². The molecule has 0 spiro atoms. The molecule has 0 saturated carbocycles. The number of piperidine rings is 1. The quantitative estimate of drug-likeness (QED) is 0.852. The molecule has 2 aromatic heterocycles. The number of hydrogen-bond donors (Lipinski definition) is 1. The molecule has 0 aliphatic carbocycles. The number of anilines is 1. The zero-order valence-corrected chi connectivity index (χ0v) is 16.1. The zero-order chi connectivity index (χ0) is 18.1. The van der Waals surface area contributed by atoms with Gasteiger partial charge in [-0.2, -0.15) is 4.98 Å². The Morgan fingerprint density at radius 2 is 1.96 bits per heavy atom. The molecule has 0 amide bonds. The van der Waals surface area contributed by atoms with Crippen LogP contribution < -0.4 is 10.5 Å². The van der Waals surface area contributed by atoms with E-state index in [9.17, 15) is 9.90 Å². The van der Waals surface area contributed by atoms with Crippen LogP contribution in [0.5, 0.6) is 0 Å². The van der Waals surface area contributed by atoms with Crippen LogP contribution in [0.2, 0.25) is 0 Å². The third-order valence-corrected chi connectivity index (χ3v) is 6.60. The fourth-order valence-corrected chi connectivity index (χ4v) is 4.86. The van der Waals surface area contributed by atoms with E-state index < -0.39 is 6.10 Å². The van der Waals surface area contributed by atoms with Crippen molar-refractivity contribution in [3.05, 3.63) is 16.7 Å². The predicted molar refractivity (Wildman–Crippen MR) is 104 cm³/mol. The molecule has 1 atom stereocenters. The van der Waals surface area contributed by atoms with Crippen molar-refractivity contribution >= 4 is 26.8 Å². The summed E-state index contributed by atoms with van der Waals surface area (Å²) in [6.45, 7) is 7.22. The van der Waals surface area contributed by atoms with Crippen LogP contribution in [0.4, 0.5) is 5.13 Å². The van der Waals surface area contributed by atoms with Crippen molar-refractivity contribution in [1.82, 2.24) is 19.4 Å². The first-order chi connectivity index (χ1) is 12.6. The molecule has 2 aliphatic rings. The molecule has 2 aliphatic heterocycles. The third-order valence-electron chi connectivity index (χ3n) is 5.50. The van der Waals surface area contributed by atoms with Crippen molar-refractivity contribution in [3.8, 4) is 0 Å². The minimum atomic E-state index is -0.564. The maximum absolute atomic E-state index is 12.8. The van der Waals surface area contributed by atoms with Crippen LogP contribution in [0.25, 0.3) is 10.3 Å². The Kier molecular flexibility index (Phi) is 5.24. The van der Waals surface area contributed by atoms with Crippen molar-refractivity contribution < 1.29 is 5.11 Å². The van der Waals surface area contributed by atoms with Crippen LogP contribution in [-0.2, 0) is 6.54 Å². The Bertz CT molecular complexity index is 806. The standard InChI is InChI=1S/C18H27N5O2S/c1-13-4-8-21(9-5-13)10-14(24)11-23-12-19-16-15(17(23)25)26-18(20-16)22-6-2-3-7-22/h12-14,24H,2-11H2,1H3. The highest BCUT2D eigenvalue weighted by molar-refractivity contribution is 7.22. The molecule has 1 unspecified atom stereocenters. The molecule has 4 heterocycles. The van der Waals surface area contributed by atoms with Crippen molar-refractivity contribution in [3.63, 3.8) is 0 Å². The highest BCUT2D eigenvalue weighted by Crippen LogP contribution is 2.27.